The molecule has 88 valence electrons. The van der Waals surface area contributed by atoms with Crippen LogP contribution in [0.25, 0.3) is 0 Å². The Balaban J connectivity index is 4.97. The normalized spacial score (nSPS) is 16.0. The molecule has 0 aliphatic rings. The minimum Gasteiger partial charge on any atom is -0.0991 e. The number of rotatable bonds is 6. The zero-order chi connectivity index (χ0) is 12.4. The van der Waals surface area contributed by atoms with Gasteiger partial charge in [-0.1, -0.05) is 63.0 Å². The Labute approximate surface area is 101 Å². The molecule has 0 fully saturated rings. The van der Waals surface area contributed by atoms with Crippen molar-refractivity contribution < 1.29 is 0 Å². The van der Waals surface area contributed by atoms with Crippen molar-refractivity contribution in [1.29, 1.82) is 0 Å². The third kappa shape index (κ3) is 4.97. The summed E-state index contributed by atoms with van der Waals surface area (Å²) in [7, 11) is 0. The van der Waals surface area contributed by atoms with Gasteiger partial charge in [0.05, 0.1) is 0 Å². The first-order chi connectivity index (χ1) is 7.71. The Bertz CT molecular complexity index is 311. The van der Waals surface area contributed by atoms with Gasteiger partial charge in [-0.3, -0.25) is 0 Å². The zero-order valence-corrected chi connectivity index (χ0v) is 11.0. The van der Waals surface area contributed by atoms with Gasteiger partial charge in [0.15, 0.2) is 0 Å². The molecule has 0 aromatic rings. The maximum Gasteiger partial charge on any atom is 0.00544 e. The summed E-state index contributed by atoms with van der Waals surface area (Å²) in [6, 6.07) is 0. The van der Waals surface area contributed by atoms with Crippen LogP contribution in [0.3, 0.4) is 0 Å². The first kappa shape index (κ1) is 14.7. The van der Waals surface area contributed by atoms with Gasteiger partial charge in [-0.15, -0.1) is 0 Å². The molecule has 1 atom stereocenters. The molecule has 0 heterocycles. The summed E-state index contributed by atoms with van der Waals surface area (Å²) in [5, 5.41) is 0. The number of hydrogen-bond donors (Lipinski definition) is 0. The van der Waals surface area contributed by atoms with E-state index in [4.69, 9.17) is 0 Å². The minimum atomic E-state index is 0.442. The van der Waals surface area contributed by atoms with Crippen LogP contribution in [-0.2, 0) is 0 Å². The summed E-state index contributed by atoms with van der Waals surface area (Å²) in [4.78, 5) is 0. The Hall–Kier alpha value is -1.30. The molecule has 0 nitrogen and oxygen atoms in total. The second-order valence-corrected chi connectivity index (χ2v) is 3.72. The van der Waals surface area contributed by atoms with Crippen LogP contribution in [0, 0.1) is 5.92 Å². The third-order valence-corrected chi connectivity index (χ3v) is 2.56. The van der Waals surface area contributed by atoms with Crippen LogP contribution in [0.5, 0.6) is 0 Å². The number of allylic oxidation sites excluding steroid dienone is 9. The van der Waals surface area contributed by atoms with E-state index in [0.29, 0.717) is 5.92 Å². The molecule has 1 unspecified atom stereocenters. The van der Waals surface area contributed by atoms with E-state index in [1.54, 1.807) is 0 Å². The van der Waals surface area contributed by atoms with Gasteiger partial charge < -0.3 is 0 Å². The average molecular weight is 216 g/mol. The third-order valence-electron chi connectivity index (χ3n) is 2.56. The van der Waals surface area contributed by atoms with Gasteiger partial charge in [0.25, 0.3) is 0 Å². The van der Waals surface area contributed by atoms with E-state index < -0.39 is 0 Å². The van der Waals surface area contributed by atoms with Gasteiger partial charge in [-0.05, 0) is 31.4 Å². The maximum atomic E-state index is 3.70. The van der Waals surface area contributed by atoms with Crippen molar-refractivity contribution >= 4 is 0 Å². The zero-order valence-electron chi connectivity index (χ0n) is 11.0. The molecule has 0 aliphatic heterocycles. The molecule has 0 aliphatic carbocycles. The highest BCUT2D eigenvalue weighted by Gasteiger charge is 2.08. The quantitative estimate of drug-likeness (QED) is 0.534. The number of hydrogen-bond acceptors (Lipinski definition) is 0. The molecule has 16 heavy (non-hydrogen) atoms. The van der Waals surface area contributed by atoms with Crippen LogP contribution in [0.2, 0.25) is 0 Å². The largest absolute Gasteiger partial charge is 0.0991 e. The molecule has 0 spiro atoms. The summed E-state index contributed by atoms with van der Waals surface area (Å²) < 4.78 is 0. The molecule has 0 amide bonds. The standard InChI is InChI=1S/C16H24/c1-6-10-13-15(9-4)14(5)16(11-7-2)12-8-3/h6-7,9-14H,1,8H2,2-5H3/b11-7-,13-10-,15-9+,16-12+. The smallest absolute Gasteiger partial charge is 0.00544 e. The lowest BCUT2D eigenvalue weighted by Crippen LogP contribution is -2.00. The van der Waals surface area contributed by atoms with Gasteiger partial charge >= 0.3 is 0 Å². The van der Waals surface area contributed by atoms with Crippen molar-refractivity contribution in [3.8, 4) is 0 Å². The molecule has 0 rings (SSSR count). The van der Waals surface area contributed by atoms with Crippen LogP contribution in [-0.4, -0.2) is 0 Å². The molecular weight excluding hydrogens is 192 g/mol. The van der Waals surface area contributed by atoms with E-state index in [1.807, 2.05) is 12.2 Å². The first-order valence-corrected chi connectivity index (χ1v) is 5.99. The van der Waals surface area contributed by atoms with Gasteiger partial charge in [0.1, 0.15) is 0 Å². The Morgan fingerprint density at radius 2 is 1.88 bits per heavy atom. The molecule has 0 N–H and O–H groups in total. The predicted octanol–water partition coefficient (Wildman–Crippen LogP) is 5.22. The van der Waals surface area contributed by atoms with E-state index in [-0.39, 0.29) is 0 Å². The van der Waals surface area contributed by atoms with Crippen LogP contribution in [0.4, 0.5) is 0 Å². The van der Waals surface area contributed by atoms with Gasteiger partial charge in [-0.2, -0.15) is 0 Å². The minimum absolute atomic E-state index is 0.442. The fraction of sp³-hybridized carbons (Fsp3) is 0.375. The van der Waals surface area contributed by atoms with E-state index in [0.717, 1.165) is 6.42 Å². The molecule has 0 aromatic heterocycles. The highest BCUT2D eigenvalue weighted by Crippen LogP contribution is 2.22. The Morgan fingerprint density at radius 3 is 2.31 bits per heavy atom. The fourth-order valence-corrected chi connectivity index (χ4v) is 1.68. The van der Waals surface area contributed by atoms with Crippen LogP contribution in [0.1, 0.15) is 34.1 Å². The summed E-state index contributed by atoms with van der Waals surface area (Å²) in [6.45, 7) is 12.3. The molecule has 0 heteroatoms. The van der Waals surface area contributed by atoms with Crippen LogP contribution in [0.15, 0.2) is 60.3 Å². The van der Waals surface area contributed by atoms with E-state index >= 15 is 0 Å². The maximum absolute atomic E-state index is 3.70. The first-order valence-electron chi connectivity index (χ1n) is 5.99. The van der Waals surface area contributed by atoms with Crippen LogP contribution >= 0.6 is 0 Å². The van der Waals surface area contributed by atoms with Gasteiger partial charge in [0.2, 0.25) is 0 Å². The summed E-state index contributed by atoms with van der Waals surface area (Å²) in [6.07, 6.45) is 15.8. The van der Waals surface area contributed by atoms with Gasteiger partial charge in [-0.25, -0.2) is 0 Å². The summed E-state index contributed by atoms with van der Waals surface area (Å²) >= 11 is 0. The van der Waals surface area contributed by atoms with Crippen molar-refractivity contribution in [1.82, 2.24) is 0 Å². The monoisotopic (exact) mass is 216 g/mol. The van der Waals surface area contributed by atoms with Crippen molar-refractivity contribution in [3.05, 3.63) is 60.3 Å². The van der Waals surface area contributed by atoms with E-state index in [9.17, 15) is 0 Å². The van der Waals surface area contributed by atoms with Crippen molar-refractivity contribution in [3.63, 3.8) is 0 Å². The lowest BCUT2D eigenvalue weighted by molar-refractivity contribution is 0.837. The summed E-state index contributed by atoms with van der Waals surface area (Å²) in [5.74, 6) is 0.442. The van der Waals surface area contributed by atoms with Crippen LogP contribution < -0.4 is 0 Å². The van der Waals surface area contributed by atoms with E-state index in [1.165, 1.54) is 11.1 Å². The van der Waals surface area contributed by atoms with E-state index in [2.05, 4.69) is 64.7 Å². The summed E-state index contributed by atoms with van der Waals surface area (Å²) in [5.41, 5.74) is 2.71. The Morgan fingerprint density at radius 1 is 1.19 bits per heavy atom. The SMILES string of the molecule is C=C/C=C\C(=C/C)C(C)C(/C=C\C)=C/CC. The highest BCUT2D eigenvalue weighted by atomic mass is 14.1. The molecule has 0 bridgehead atoms. The fourth-order valence-electron chi connectivity index (χ4n) is 1.68. The van der Waals surface area contributed by atoms with Gasteiger partial charge in [0, 0.05) is 5.92 Å². The highest BCUT2D eigenvalue weighted by molar-refractivity contribution is 5.34. The van der Waals surface area contributed by atoms with Crippen molar-refractivity contribution in [2.75, 3.05) is 0 Å². The lowest BCUT2D eigenvalue weighted by atomic mass is 9.91. The second kappa shape index (κ2) is 8.96. The van der Waals surface area contributed by atoms with Crippen molar-refractivity contribution in [2.24, 2.45) is 5.92 Å². The predicted molar refractivity (Wildman–Crippen MR) is 75.4 cm³/mol. The lowest BCUT2D eigenvalue weighted by Gasteiger charge is -2.14. The molecule has 0 saturated carbocycles. The topological polar surface area (TPSA) is 0 Å². The molecule has 0 radical (unpaired) electrons. The molecule has 0 saturated heterocycles. The second-order valence-electron chi connectivity index (χ2n) is 3.72. The average Bonchev–Trinajstić information content (AvgIpc) is 2.29. The molecule has 0 aromatic carbocycles. The Kier molecular flexibility index (Phi) is 8.24. The molecular formula is C16H24. The van der Waals surface area contributed by atoms with Crippen molar-refractivity contribution in [2.45, 2.75) is 34.1 Å².